The quantitative estimate of drug-likeness (QED) is 0.912. The maximum absolute atomic E-state index is 12.8. The summed E-state index contributed by atoms with van der Waals surface area (Å²) in [5.41, 5.74) is -0.940. The molecule has 1 N–H and O–H groups in total. The molecule has 2 aromatic rings. The molecule has 0 saturated heterocycles. The van der Waals surface area contributed by atoms with Crippen molar-refractivity contribution in [3.63, 3.8) is 0 Å². The number of rotatable bonds is 2. The lowest BCUT2D eigenvalue weighted by atomic mass is 10.0. The van der Waals surface area contributed by atoms with Gasteiger partial charge in [-0.25, -0.2) is 4.98 Å². The summed E-state index contributed by atoms with van der Waals surface area (Å²) < 4.78 is 38.3. The van der Waals surface area contributed by atoms with E-state index in [1.54, 1.807) is 18.2 Å². The van der Waals surface area contributed by atoms with Gasteiger partial charge < -0.3 is 5.32 Å². The zero-order valence-corrected chi connectivity index (χ0v) is 10.5. The Balaban J connectivity index is 2.32. The van der Waals surface area contributed by atoms with E-state index < -0.39 is 17.6 Å². The van der Waals surface area contributed by atoms with Gasteiger partial charge in [0, 0.05) is 11.8 Å². The molecule has 0 aliphatic carbocycles. The first-order valence-corrected chi connectivity index (χ1v) is 5.79. The SMILES string of the molecule is Cc1c(C(=O)Nc2ccccn2)cccc1C(F)(F)F. The number of nitrogens with zero attached hydrogens (tertiary/aromatic N) is 1. The number of carbonyl (C=O) groups excluding carboxylic acids is 1. The van der Waals surface area contributed by atoms with Crippen LogP contribution >= 0.6 is 0 Å². The predicted octanol–water partition coefficient (Wildman–Crippen LogP) is 3.66. The molecule has 3 nitrogen and oxygen atoms in total. The fourth-order valence-electron chi connectivity index (χ4n) is 1.81. The topological polar surface area (TPSA) is 42.0 Å². The number of alkyl halides is 3. The van der Waals surface area contributed by atoms with Gasteiger partial charge in [0.1, 0.15) is 5.82 Å². The van der Waals surface area contributed by atoms with Crippen molar-refractivity contribution in [1.82, 2.24) is 4.98 Å². The monoisotopic (exact) mass is 280 g/mol. The largest absolute Gasteiger partial charge is 0.416 e. The van der Waals surface area contributed by atoms with Crippen molar-refractivity contribution >= 4 is 11.7 Å². The Kier molecular flexibility index (Phi) is 3.74. The number of aromatic nitrogens is 1. The lowest BCUT2D eigenvalue weighted by molar-refractivity contribution is -0.138. The number of anilines is 1. The van der Waals surface area contributed by atoms with E-state index in [4.69, 9.17) is 0 Å². The Hall–Kier alpha value is -2.37. The van der Waals surface area contributed by atoms with E-state index in [-0.39, 0.29) is 16.9 Å². The van der Waals surface area contributed by atoms with Gasteiger partial charge in [-0.3, -0.25) is 4.79 Å². The van der Waals surface area contributed by atoms with Gasteiger partial charge in [-0.1, -0.05) is 12.1 Å². The van der Waals surface area contributed by atoms with Crippen molar-refractivity contribution in [2.24, 2.45) is 0 Å². The highest BCUT2D eigenvalue weighted by Gasteiger charge is 2.33. The van der Waals surface area contributed by atoms with Crippen molar-refractivity contribution in [3.05, 3.63) is 59.3 Å². The molecule has 0 atom stereocenters. The molecular weight excluding hydrogens is 269 g/mol. The van der Waals surface area contributed by atoms with E-state index in [9.17, 15) is 18.0 Å². The van der Waals surface area contributed by atoms with E-state index in [1.807, 2.05) is 0 Å². The molecule has 0 radical (unpaired) electrons. The van der Waals surface area contributed by atoms with E-state index >= 15 is 0 Å². The van der Waals surface area contributed by atoms with Crippen LogP contribution in [0, 0.1) is 6.92 Å². The van der Waals surface area contributed by atoms with E-state index in [2.05, 4.69) is 10.3 Å². The minimum atomic E-state index is -4.48. The van der Waals surface area contributed by atoms with Crippen LogP contribution in [0.1, 0.15) is 21.5 Å². The highest BCUT2D eigenvalue weighted by molar-refractivity contribution is 6.05. The van der Waals surface area contributed by atoms with Crippen molar-refractivity contribution < 1.29 is 18.0 Å². The average Bonchev–Trinajstić information content (AvgIpc) is 2.38. The number of carbonyl (C=O) groups is 1. The number of benzene rings is 1. The number of hydrogen-bond donors (Lipinski definition) is 1. The molecule has 1 heterocycles. The van der Waals surface area contributed by atoms with Gasteiger partial charge in [0.15, 0.2) is 0 Å². The first-order chi connectivity index (χ1) is 9.39. The highest BCUT2D eigenvalue weighted by Crippen LogP contribution is 2.33. The molecule has 1 aromatic heterocycles. The van der Waals surface area contributed by atoms with Crippen LogP contribution in [0.5, 0.6) is 0 Å². The number of nitrogens with one attached hydrogen (secondary N) is 1. The molecule has 0 fully saturated rings. The molecule has 0 spiro atoms. The van der Waals surface area contributed by atoms with Crippen LogP contribution in [0.25, 0.3) is 0 Å². The Bertz CT molecular complexity index is 624. The van der Waals surface area contributed by atoms with E-state index in [0.29, 0.717) is 0 Å². The second-order valence-electron chi connectivity index (χ2n) is 4.14. The zero-order valence-electron chi connectivity index (χ0n) is 10.5. The fourth-order valence-corrected chi connectivity index (χ4v) is 1.81. The van der Waals surface area contributed by atoms with Crippen LogP contribution in [0.3, 0.4) is 0 Å². The Morgan fingerprint density at radius 2 is 1.90 bits per heavy atom. The lowest BCUT2D eigenvalue weighted by Gasteiger charge is -2.13. The fraction of sp³-hybridized carbons (Fsp3) is 0.143. The zero-order chi connectivity index (χ0) is 14.8. The van der Waals surface area contributed by atoms with E-state index in [0.717, 1.165) is 6.07 Å². The van der Waals surface area contributed by atoms with Crippen molar-refractivity contribution in [3.8, 4) is 0 Å². The molecule has 6 heteroatoms. The maximum atomic E-state index is 12.8. The van der Waals surface area contributed by atoms with Crippen LogP contribution in [0.4, 0.5) is 19.0 Å². The minimum Gasteiger partial charge on any atom is -0.307 e. The van der Waals surface area contributed by atoms with Gasteiger partial charge in [-0.05, 0) is 36.8 Å². The third-order valence-electron chi connectivity index (χ3n) is 2.79. The normalized spacial score (nSPS) is 11.2. The molecule has 2 rings (SSSR count). The molecule has 0 aliphatic rings. The van der Waals surface area contributed by atoms with Crippen LogP contribution in [-0.2, 0) is 6.18 Å². The third-order valence-corrected chi connectivity index (χ3v) is 2.79. The van der Waals surface area contributed by atoms with Gasteiger partial charge in [-0.15, -0.1) is 0 Å². The Morgan fingerprint density at radius 3 is 2.50 bits per heavy atom. The molecular formula is C14H11F3N2O. The number of pyridine rings is 1. The summed E-state index contributed by atoms with van der Waals surface area (Å²) in [5, 5.41) is 2.46. The Labute approximate surface area is 113 Å². The molecule has 0 unspecified atom stereocenters. The summed E-state index contributed by atoms with van der Waals surface area (Å²) in [5.74, 6) is -0.332. The second kappa shape index (κ2) is 5.32. The highest BCUT2D eigenvalue weighted by atomic mass is 19.4. The first kappa shape index (κ1) is 14.0. The molecule has 0 aliphatic heterocycles. The molecule has 104 valence electrons. The average molecular weight is 280 g/mol. The maximum Gasteiger partial charge on any atom is 0.416 e. The van der Waals surface area contributed by atoms with E-state index in [1.165, 1.54) is 25.3 Å². The summed E-state index contributed by atoms with van der Waals surface area (Å²) in [4.78, 5) is 15.9. The molecule has 1 aromatic carbocycles. The van der Waals surface area contributed by atoms with Gasteiger partial charge in [0.25, 0.3) is 5.91 Å². The third kappa shape index (κ3) is 2.96. The Morgan fingerprint density at radius 1 is 1.15 bits per heavy atom. The molecule has 0 saturated carbocycles. The molecule has 0 bridgehead atoms. The second-order valence-corrected chi connectivity index (χ2v) is 4.14. The number of halogens is 3. The van der Waals surface area contributed by atoms with Gasteiger partial charge in [0.2, 0.25) is 0 Å². The molecule has 1 amide bonds. The van der Waals surface area contributed by atoms with Crippen LogP contribution < -0.4 is 5.32 Å². The first-order valence-electron chi connectivity index (χ1n) is 5.79. The summed E-state index contributed by atoms with van der Waals surface area (Å²) in [6.07, 6.45) is -3.00. The predicted molar refractivity (Wildman–Crippen MR) is 68.4 cm³/mol. The summed E-state index contributed by atoms with van der Waals surface area (Å²) in [6, 6.07) is 8.41. The lowest BCUT2D eigenvalue weighted by Crippen LogP contribution is -2.17. The summed E-state index contributed by atoms with van der Waals surface area (Å²) in [7, 11) is 0. The molecule has 20 heavy (non-hydrogen) atoms. The van der Waals surface area contributed by atoms with Gasteiger partial charge in [-0.2, -0.15) is 13.2 Å². The van der Waals surface area contributed by atoms with Crippen LogP contribution in [0.2, 0.25) is 0 Å². The number of amides is 1. The van der Waals surface area contributed by atoms with Crippen molar-refractivity contribution in [1.29, 1.82) is 0 Å². The smallest absolute Gasteiger partial charge is 0.307 e. The summed E-state index contributed by atoms with van der Waals surface area (Å²) in [6.45, 7) is 1.27. The minimum absolute atomic E-state index is 0.0227. The summed E-state index contributed by atoms with van der Waals surface area (Å²) >= 11 is 0. The van der Waals surface area contributed by atoms with Gasteiger partial charge in [0.05, 0.1) is 5.56 Å². The van der Waals surface area contributed by atoms with Gasteiger partial charge >= 0.3 is 6.18 Å². The van der Waals surface area contributed by atoms with Crippen LogP contribution in [0.15, 0.2) is 42.6 Å². The number of hydrogen-bond acceptors (Lipinski definition) is 2. The van der Waals surface area contributed by atoms with Crippen LogP contribution in [-0.4, -0.2) is 10.9 Å². The van der Waals surface area contributed by atoms with Crippen molar-refractivity contribution in [2.45, 2.75) is 13.1 Å². The standard InChI is InChI=1S/C14H11F3N2O/c1-9-10(5-4-6-11(9)14(15,16)17)13(20)19-12-7-2-3-8-18-12/h2-8H,1H3,(H,18,19,20). The van der Waals surface area contributed by atoms with Crippen molar-refractivity contribution in [2.75, 3.05) is 5.32 Å².